The second-order valence-corrected chi connectivity index (χ2v) is 4.16. The van der Waals surface area contributed by atoms with E-state index in [-0.39, 0.29) is 12.5 Å². The highest BCUT2D eigenvalue weighted by Crippen LogP contribution is 2.15. The van der Waals surface area contributed by atoms with Crippen LogP contribution in [0.2, 0.25) is 0 Å². The topological polar surface area (TPSA) is 67.2 Å². The van der Waals surface area contributed by atoms with Crippen molar-refractivity contribution in [3.8, 4) is 11.8 Å². The van der Waals surface area contributed by atoms with Crippen molar-refractivity contribution in [2.45, 2.75) is 6.42 Å². The molecule has 5 nitrogen and oxygen atoms in total. The molecule has 0 aliphatic carbocycles. The van der Waals surface area contributed by atoms with Gasteiger partial charge >= 0.3 is 0 Å². The van der Waals surface area contributed by atoms with Crippen LogP contribution in [0, 0.1) is 11.8 Å². The van der Waals surface area contributed by atoms with Crippen molar-refractivity contribution in [3.05, 3.63) is 48.0 Å². The molecule has 2 N–H and O–H groups in total. The lowest BCUT2D eigenvalue weighted by molar-refractivity contribution is 0.101. The van der Waals surface area contributed by atoms with Crippen molar-refractivity contribution < 1.29 is 9.90 Å². The summed E-state index contributed by atoms with van der Waals surface area (Å²) >= 11 is 0. The molecule has 0 bridgehead atoms. The van der Waals surface area contributed by atoms with Gasteiger partial charge in [-0.25, -0.2) is 4.98 Å². The Morgan fingerprint density at radius 3 is 2.95 bits per heavy atom. The molecule has 0 saturated carbocycles. The minimum absolute atomic E-state index is 0.0244. The van der Waals surface area contributed by atoms with Gasteiger partial charge in [-0.15, -0.1) is 0 Å². The highest BCUT2D eigenvalue weighted by atomic mass is 16.2. The normalized spacial score (nSPS) is 9.70. The van der Waals surface area contributed by atoms with E-state index in [9.17, 15) is 4.79 Å². The summed E-state index contributed by atoms with van der Waals surface area (Å²) in [4.78, 5) is 16.0. The number of hydrogen-bond donors (Lipinski definition) is 2. The van der Waals surface area contributed by atoms with E-state index < -0.39 is 0 Å². The zero-order chi connectivity index (χ0) is 14.4. The fraction of sp³-hybridized carbons (Fsp3) is 0.200. The first kappa shape index (κ1) is 13.8. The molecule has 0 spiro atoms. The molecule has 0 saturated heterocycles. The van der Waals surface area contributed by atoms with E-state index in [1.54, 1.807) is 24.0 Å². The number of imidazole rings is 1. The highest BCUT2D eigenvalue weighted by molar-refractivity contribution is 6.03. The van der Waals surface area contributed by atoms with E-state index in [2.05, 4.69) is 22.1 Å². The molecule has 0 fully saturated rings. The number of carbonyl (C=O) groups is 1. The van der Waals surface area contributed by atoms with Crippen LogP contribution in [0.4, 0.5) is 5.69 Å². The molecule has 1 heterocycles. The van der Waals surface area contributed by atoms with Crippen molar-refractivity contribution in [2.75, 3.05) is 11.9 Å². The molecule has 0 unspecified atom stereocenters. The maximum Gasteiger partial charge on any atom is 0.273 e. The molecular weight excluding hydrogens is 254 g/mol. The van der Waals surface area contributed by atoms with Crippen molar-refractivity contribution in [1.82, 2.24) is 9.55 Å². The summed E-state index contributed by atoms with van der Waals surface area (Å²) in [6, 6.07) is 7.29. The molecule has 1 aromatic carbocycles. The molecule has 0 aliphatic rings. The van der Waals surface area contributed by atoms with Gasteiger partial charge in [-0.2, -0.15) is 0 Å². The fourth-order valence-corrected chi connectivity index (χ4v) is 1.68. The van der Waals surface area contributed by atoms with Crippen LogP contribution in [-0.2, 0) is 7.05 Å². The van der Waals surface area contributed by atoms with Gasteiger partial charge in [0.25, 0.3) is 5.91 Å². The van der Waals surface area contributed by atoms with Gasteiger partial charge in [0.15, 0.2) is 0 Å². The number of aliphatic hydroxyl groups excluding tert-OH is 1. The Morgan fingerprint density at radius 2 is 2.25 bits per heavy atom. The second kappa shape index (κ2) is 6.55. The van der Waals surface area contributed by atoms with Crippen LogP contribution in [0.3, 0.4) is 0 Å². The Labute approximate surface area is 117 Å². The van der Waals surface area contributed by atoms with E-state index in [4.69, 9.17) is 5.11 Å². The average molecular weight is 269 g/mol. The van der Waals surface area contributed by atoms with Crippen molar-refractivity contribution in [3.63, 3.8) is 0 Å². The van der Waals surface area contributed by atoms with Gasteiger partial charge in [-0.1, -0.05) is 24.0 Å². The quantitative estimate of drug-likeness (QED) is 0.828. The maximum atomic E-state index is 12.1. The van der Waals surface area contributed by atoms with E-state index in [0.717, 1.165) is 5.56 Å². The smallest absolute Gasteiger partial charge is 0.273 e. The van der Waals surface area contributed by atoms with Gasteiger partial charge in [0.1, 0.15) is 5.69 Å². The molecule has 2 aromatic rings. The van der Waals surface area contributed by atoms with Gasteiger partial charge in [0, 0.05) is 19.0 Å². The first-order valence-electron chi connectivity index (χ1n) is 6.19. The number of rotatable bonds is 3. The van der Waals surface area contributed by atoms with Gasteiger partial charge in [0.05, 0.1) is 24.8 Å². The predicted molar refractivity (Wildman–Crippen MR) is 76.2 cm³/mol. The third-order valence-electron chi connectivity index (χ3n) is 2.68. The van der Waals surface area contributed by atoms with E-state index >= 15 is 0 Å². The molecule has 0 atom stereocenters. The minimum Gasteiger partial charge on any atom is -0.395 e. The Morgan fingerprint density at radius 1 is 1.45 bits per heavy atom. The second-order valence-electron chi connectivity index (χ2n) is 4.16. The van der Waals surface area contributed by atoms with Crippen LogP contribution in [0.1, 0.15) is 22.5 Å². The Kier molecular flexibility index (Phi) is 4.53. The molecule has 0 radical (unpaired) electrons. The van der Waals surface area contributed by atoms with Crippen LogP contribution >= 0.6 is 0 Å². The molecule has 2 rings (SSSR count). The Balaban J connectivity index is 2.20. The van der Waals surface area contributed by atoms with E-state index in [1.165, 1.54) is 6.20 Å². The lowest BCUT2D eigenvalue weighted by atomic mass is 10.1. The highest BCUT2D eigenvalue weighted by Gasteiger charge is 2.11. The average Bonchev–Trinajstić information content (AvgIpc) is 2.87. The lowest BCUT2D eigenvalue weighted by Crippen LogP contribution is -2.16. The molecular formula is C15H15N3O2. The largest absolute Gasteiger partial charge is 0.395 e. The van der Waals surface area contributed by atoms with Crippen LogP contribution < -0.4 is 5.32 Å². The number of amides is 1. The third kappa shape index (κ3) is 3.25. The van der Waals surface area contributed by atoms with E-state index in [1.807, 2.05) is 18.2 Å². The SMILES string of the molecule is Cn1cncc1C(=O)Nc1ccccc1C#CCCO. The van der Waals surface area contributed by atoms with Crippen LogP contribution in [0.5, 0.6) is 0 Å². The predicted octanol–water partition coefficient (Wildman–Crippen LogP) is 1.41. The summed E-state index contributed by atoms with van der Waals surface area (Å²) in [6.45, 7) is 0.0244. The van der Waals surface area contributed by atoms with Gasteiger partial charge in [-0.3, -0.25) is 4.79 Å². The summed E-state index contributed by atoms with van der Waals surface area (Å²) in [5.74, 6) is 5.54. The van der Waals surface area contributed by atoms with Crippen molar-refractivity contribution >= 4 is 11.6 Å². The molecule has 1 amide bonds. The number of hydrogen-bond acceptors (Lipinski definition) is 3. The van der Waals surface area contributed by atoms with Crippen LogP contribution in [0.25, 0.3) is 0 Å². The zero-order valence-corrected chi connectivity index (χ0v) is 11.1. The summed E-state index contributed by atoms with van der Waals surface area (Å²) in [7, 11) is 1.76. The first-order valence-corrected chi connectivity index (χ1v) is 6.19. The minimum atomic E-state index is -0.235. The summed E-state index contributed by atoms with van der Waals surface area (Å²) in [5.41, 5.74) is 1.84. The Hall–Kier alpha value is -2.58. The van der Waals surface area contributed by atoms with Crippen LogP contribution in [0.15, 0.2) is 36.8 Å². The number of aryl methyl sites for hydroxylation is 1. The standard InChI is InChI=1S/C15H15N3O2/c1-18-11-16-10-14(18)15(20)17-13-8-3-2-6-12(13)7-4-5-9-19/h2-3,6,8,10-11,19H,5,9H2,1H3,(H,17,20). The number of carbonyl (C=O) groups excluding carboxylic acids is 1. The maximum absolute atomic E-state index is 12.1. The third-order valence-corrected chi connectivity index (χ3v) is 2.68. The zero-order valence-electron chi connectivity index (χ0n) is 11.1. The Bertz CT molecular complexity index is 665. The number of aliphatic hydroxyl groups is 1. The molecule has 1 aromatic heterocycles. The van der Waals surface area contributed by atoms with Gasteiger partial charge < -0.3 is 15.0 Å². The van der Waals surface area contributed by atoms with Crippen molar-refractivity contribution in [2.24, 2.45) is 7.05 Å². The first-order chi connectivity index (χ1) is 9.72. The van der Waals surface area contributed by atoms with Gasteiger partial charge in [0.2, 0.25) is 0 Å². The molecule has 5 heteroatoms. The number of para-hydroxylation sites is 1. The summed E-state index contributed by atoms with van der Waals surface area (Å²) in [6.07, 6.45) is 3.49. The fourth-order valence-electron chi connectivity index (χ4n) is 1.68. The molecule has 102 valence electrons. The molecule has 20 heavy (non-hydrogen) atoms. The summed E-state index contributed by atoms with van der Waals surface area (Å²) in [5, 5.41) is 11.5. The summed E-state index contributed by atoms with van der Waals surface area (Å²) < 4.78 is 1.65. The number of nitrogens with one attached hydrogen (secondary N) is 1. The molecule has 0 aliphatic heterocycles. The van der Waals surface area contributed by atoms with Crippen molar-refractivity contribution in [1.29, 1.82) is 0 Å². The number of aromatic nitrogens is 2. The van der Waals surface area contributed by atoms with Crippen LogP contribution in [-0.4, -0.2) is 27.2 Å². The number of nitrogens with zero attached hydrogens (tertiary/aromatic N) is 2. The van der Waals surface area contributed by atoms with Gasteiger partial charge in [-0.05, 0) is 12.1 Å². The monoisotopic (exact) mass is 269 g/mol. The number of anilines is 1. The van der Waals surface area contributed by atoms with E-state index in [0.29, 0.717) is 17.8 Å². The lowest BCUT2D eigenvalue weighted by Gasteiger charge is -2.07. The number of benzene rings is 1.